The molecule has 1 atom stereocenters. The van der Waals surface area contributed by atoms with Gasteiger partial charge < -0.3 is 4.90 Å². The van der Waals surface area contributed by atoms with Crippen LogP contribution in [0.5, 0.6) is 0 Å². The molecule has 1 aliphatic heterocycles. The predicted molar refractivity (Wildman–Crippen MR) is 91.6 cm³/mol. The molecule has 1 amide bonds. The molecular weight excluding hydrogens is 322 g/mol. The molecule has 24 heavy (non-hydrogen) atoms. The van der Waals surface area contributed by atoms with E-state index in [0.717, 1.165) is 42.1 Å². The van der Waals surface area contributed by atoms with Gasteiger partial charge >= 0.3 is 0 Å². The van der Waals surface area contributed by atoms with Crippen molar-refractivity contribution in [2.45, 2.75) is 25.3 Å². The van der Waals surface area contributed by atoms with Crippen molar-refractivity contribution in [2.75, 3.05) is 6.54 Å². The van der Waals surface area contributed by atoms with Crippen LogP contribution in [0.25, 0.3) is 11.4 Å². The highest BCUT2D eigenvalue weighted by Crippen LogP contribution is 2.31. The van der Waals surface area contributed by atoms with Crippen molar-refractivity contribution in [2.24, 2.45) is 0 Å². The maximum absolute atomic E-state index is 12.8. The predicted octanol–water partition coefficient (Wildman–Crippen LogP) is 3.30. The number of aromatic nitrogens is 4. The Morgan fingerprint density at radius 2 is 2.12 bits per heavy atom. The molecule has 3 aromatic heterocycles. The van der Waals surface area contributed by atoms with Gasteiger partial charge in [-0.3, -0.25) is 14.9 Å². The summed E-state index contributed by atoms with van der Waals surface area (Å²) in [5.41, 5.74) is 0.916. The lowest BCUT2D eigenvalue weighted by Crippen LogP contribution is -2.38. The van der Waals surface area contributed by atoms with E-state index in [9.17, 15) is 4.79 Å². The third-order valence-electron chi connectivity index (χ3n) is 4.25. The summed E-state index contributed by atoms with van der Waals surface area (Å²) in [5, 5.41) is 9.28. The number of hydrogen-bond acceptors (Lipinski definition) is 5. The summed E-state index contributed by atoms with van der Waals surface area (Å²) in [6.45, 7) is 0.757. The van der Waals surface area contributed by atoms with Crippen molar-refractivity contribution in [3.8, 4) is 11.4 Å². The number of hydrogen-bond donors (Lipinski definition) is 1. The second-order valence-corrected chi connectivity index (χ2v) is 6.72. The van der Waals surface area contributed by atoms with Crippen molar-refractivity contribution < 1.29 is 4.79 Å². The SMILES string of the molecule is O=C(c1cccs1)N1CCCCC1c1nc(-c2ccncc2)n[nH]1. The van der Waals surface area contributed by atoms with Crippen molar-refractivity contribution in [1.29, 1.82) is 0 Å². The average molecular weight is 339 g/mol. The molecular formula is C17H17N5OS. The molecule has 0 spiro atoms. The van der Waals surface area contributed by atoms with Gasteiger partial charge in [0.25, 0.3) is 5.91 Å². The maximum Gasteiger partial charge on any atom is 0.264 e. The van der Waals surface area contributed by atoms with Crippen LogP contribution >= 0.6 is 11.3 Å². The summed E-state index contributed by atoms with van der Waals surface area (Å²) in [4.78, 5) is 24.1. The van der Waals surface area contributed by atoms with Crippen molar-refractivity contribution in [3.63, 3.8) is 0 Å². The standard InChI is InChI=1S/C17H17N5OS/c23-17(14-5-3-11-24-14)22-10-2-1-4-13(22)16-19-15(20-21-16)12-6-8-18-9-7-12/h3,5-9,11,13H,1-2,4,10H2,(H,19,20,21). The van der Waals surface area contributed by atoms with Crippen LogP contribution in [0, 0.1) is 0 Å². The quantitative estimate of drug-likeness (QED) is 0.794. The van der Waals surface area contributed by atoms with E-state index in [-0.39, 0.29) is 11.9 Å². The minimum atomic E-state index is -0.0450. The summed E-state index contributed by atoms with van der Waals surface area (Å²) in [6.07, 6.45) is 6.46. The van der Waals surface area contributed by atoms with Gasteiger partial charge in [-0.25, -0.2) is 4.98 Å². The van der Waals surface area contributed by atoms with E-state index >= 15 is 0 Å². The summed E-state index contributed by atoms with van der Waals surface area (Å²) < 4.78 is 0. The largest absolute Gasteiger partial charge is 0.328 e. The first-order chi connectivity index (χ1) is 11.8. The molecule has 122 valence electrons. The first-order valence-electron chi connectivity index (χ1n) is 8.00. The number of likely N-dealkylation sites (tertiary alicyclic amines) is 1. The number of pyridine rings is 1. The molecule has 1 unspecified atom stereocenters. The second-order valence-electron chi connectivity index (χ2n) is 5.77. The number of carbonyl (C=O) groups excluding carboxylic acids is 1. The molecule has 0 bridgehead atoms. The topological polar surface area (TPSA) is 74.8 Å². The number of rotatable bonds is 3. The number of carbonyl (C=O) groups is 1. The number of aromatic amines is 1. The highest BCUT2D eigenvalue weighted by Gasteiger charge is 2.31. The summed E-state index contributed by atoms with van der Waals surface area (Å²) in [5.74, 6) is 1.48. The summed E-state index contributed by atoms with van der Waals surface area (Å²) in [7, 11) is 0. The van der Waals surface area contributed by atoms with Crippen LogP contribution in [0.3, 0.4) is 0 Å². The maximum atomic E-state index is 12.8. The van der Waals surface area contributed by atoms with E-state index in [1.165, 1.54) is 11.3 Å². The van der Waals surface area contributed by atoms with Gasteiger partial charge in [0.1, 0.15) is 5.82 Å². The number of nitrogens with one attached hydrogen (secondary N) is 1. The van der Waals surface area contributed by atoms with Crippen molar-refractivity contribution in [3.05, 3.63) is 52.7 Å². The van der Waals surface area contributed by atoms with Crippen LogP contribution in [0.15, 0.2) is 42.0 Å². The Kier molecular flexibility index (Phi) is 4.08. The molecule has 0 aromatic carbocycles. The van der Waals surface area contributed by atoms with Crippen LogP contribution in [0.2, 0.25) is 0 Å². The zero-order chi connectivity index (χ0) is 16.4. The van der Waals surface area contributed by atoms with E-state index in [2.05, 4.69) is 20.2 Å². The molecule has 1 aliphatic rings. The van der Waals surface area contributed by atoms with Gasteiger partial charge in [0.15, 0.2) is 5.82 Å². The van der Waals surface area contributed by atoms with Gasteiger partial charge in [-0.2, -0.15) is 5.10 Å². The smallest absolute Gasteiger partial charge is 0.264 e. The van der Waals surface area contributed by atoms with E-state index in [1.54, 1.807) is 12.4 Å². The molecule has 0 radical (unpaired) electrons. The molecule has 1 N–H and O–H groups in total. The monoisotopic (exact) mass is 339 g/mol. The zero-order valence-corrected chi connectivity index (χ0v) is 13.9. The fourth-order valence-electron chi connectivity index (χ4n) is 3.05. The molecule has 4 heterocycles. The fourth-order valence-corrected chi connectivity index (χ4v) is 3.73. The van der Waals surface area contributed by atoms with Crippen LogP contribution in [0.1, 0.15) is 40.8 Å². The van der Waals surface area contributed by atoms with Gasteiger partial charge in [-0.1, -0.05) is 6.07 Å². The first kappa shape index (κ1) is 15.0. The Labute approximate surface area is 143 Å². The molecule has 0 aliphatic carbocycles. The Bertz CT molecular complexity index is 815. The third kappa shape index (κ3) is 2.82. The average Bonchev–Trinajstić information content (AvgIpc) is 3.34. The number of H-pyrrole nitrogens is 1. The van der Waals surface area contributed by atoms with E-state index in [4.69, 9.17) is 0 Å². The molecule has 4 rings (SSSR count). The zero-order valence-electron chi connectivity index (χ0n) is 13.1. The Hall–Kier alpha value is -2.54. The van der Waals surface area contributed by atoms with Gasteiger partial charge in [0.05, 0.1) is 10.9 Å². The lowest BCUT2D eigenvalue weighted by molar-refractivity contribution is 0.0605. The summed E-state index contributed by atoms with van der Waals surface area (Å²) in [6, 6.07) is 7.50. The number of thiophene rings is 1. The van der Waals surface area contributed by atoms with E-state index in [0.29, 0.717) is 5.82 Å². The fraction of sp³-hybridized carbons (Fsp3) is 0.294. The molecule has 3 aromatic rings. The molecule has 1 saturated heterocycles. The number of amides is 1. The molecule has 0 saturated carbocycles. The van der Waals surface area contributed by atoms with Crippen LogP contribution in [-0.2, 0) is 0 Å². The highest BCUT2D eigenvalue weighted by atomic mass is 32.1. The van der Waals surface area contributed by atoms with E-state index in [1.807, 2.05) is 34.5 Å². The lowest BCUT2D eigenvalue weighted by atomic mass is 10.0. The van der Waals surface area contributed by atoms with E-state index < -0.39 is 0 Å². The van der Waals surface area contributed by atoms with Crippen molar-refractivity contribution >= 4 is 17.2 Å². The molecule has 1 fully saturated rings. The van der Waals surface area contributed by atoms with Gasteiger partial charge in [0.2, 0.25) is 0 Å². The minimum Gasteiger partial charge on any atom is -0.328 e. The van der Waals surface area contributed by atoms with Gasteiger partial charge in [-0.05, 0) is 42.8 Å². The lowest BCUT2D eigenvalue weighted by Gasteiger charge is -2.34. The Balaban J connectivity index is 1.62. The van der Waals surface area contributed by atoms with Crippen LogP contribution in [0.4, 0.5) is 0 Å². The van der Waals surface area contributed by atoms with Gasteiger partial charge in [-0.15, -0.1) is 11.3 Å². The van der Waals surface area contributed by atoms with Gasteiger partial charge in [0, 0.05) is 24.5 Å². The molecule has 6 nitrogen and oxygen atoms in total. The Morgan fingerprint density at radius 3 is 2.92 bits per heavy atom. The van der Waals surface area contributed by atoms with Crippen molar-refractivity contribution in [1.82, 2.24) is 25.1 Å². The van der Waals surface area contributed by atoms with Crippen LogP contribution < -0.4 is 0 Å². The third-order valence-corrected chi connectivity index (χ3v) is 5.11. The number of nitrogens with zero attached hydrogens (tertiary/aromatic N) is 4. The molecule has 7 heteroatoms. The minimum absolute atomic E-state index is 0.0450. The summed E-state index contributed by atoms with van der Waals surface area (Å²) >= 11 is 1.48. The Morgan fingerprint density at radius 1 is 1.25 bits per heavy atom. The highest BCUT2D eigenvalue weighted by molar-refractivity contribution is 7.12. The number of piperidine rings is 1. The normalized spacial score (nSPS) is 17.8. The first-order valence-corrected chi connectivity index (χ1v) is 8.88. The second kappa shape index (κ2) is 6.52. The van der Waals surface area contributed by atoms with Crippen LogP contribution in [-0.4, -0.2) is 37.5 Å².